The zero-order chi connectivity index (χ0) is 28.0. The zero-order valence-electron chi connectivity index (χ0n) is 22.2. The lowest BCUT2D eigenvalue weighted by molar-refractivity contribution is -0.161. The van der Waals surface area contributed by atoms with Crippen LogP contribution in [0.25, 0.3) is 10.9 Å². The molecule has 0 aliphatic rings. The van der Waals surface area contributed by atoms with E-state index in [-0.39, 0.29) is 12.1 Å². The fraction of sp³-hybridized carbons (Fsp3) is 0.500. The fourth-order valence-electron chi connectivity index (χ4n) is 3.46. The van der Waals surface area contributed by atoms with Crippen molar-refractivity contribution >= 4 is 34.8 Å². The number of benzene rings is 1. The van der Waals surface area contributed by atoms with Crippen LogP contribution in [-0.4, -0.2) is 59.3 Å². The number of methoxy groups -OCH3 is 1. The minimum absolute atomic E-state index is 0.1000. The average molecular weight is 515 g/mol. The highest BCUT2D eigenvalue weighted by Gasteiger charge is 2.33. The summed E-state index contributed by atoms with van der Waals surface area (Å²) in [6, 6.07) is 6.58. The summed E-state index contributed by atoms with van der Waals surface area (Å²) in [7, 11) is 1.16. The zero-order valence-corrected chi connectivity index (χ0v) is 22.2. The lowest BCUT2D eigenvalue weighted by Gasteiger charge is -2.26. The number of alkyl carbamates (subject to hydrolysis) is 1. The molecule has 1 aromatic heterocycles. The van der Waals surface area contributed by atoms with Crippen LogP contribution in [0.2, 0.25) is 0 Å². The van der Waals surface area contributed by atoms with Crippen LogP contribution >= 0.6 is 0 Å². The van der Waals surface area contributed by atoms with Gasteiger partial charge in [-0.25, -0.2) is 9.59 Å². The number of H-pyrrole nitrogens is 1. The van der Waals surface area contributed by atoms with E-state index in [1.807, 2.05) is 0 Å². The molecule has 0 aliphatic carbocycles. The number of esters is 2. The van der Waals surface area contributed by atoms with Crippen molar-refractivity contribution in [1.29, 1.82) is 5.26 Å². The number of nitrogens with one attached hydrogen (secondary N) is 3. The van der Waals surface area contributed by atoms with Crippen molar-refractivity contribution < 1.29 is 33.4 Å². The Morgan fingerprint density at radius 1 is 0.973 bits per heavy atom. The van der Waals surface area contributed by atoms with E-state index in [1.165, 1.54) is 0 Å². The first-order valence-electron chi connectivity index (χ1n) is 11.7. The molecule has 2 rings (SSSR count). The first kappa shape index (κ1) is 29.2. The highest BCUT2D eigenvalue weighted by molar-refractivity contribution is 5.93. The van der Waals surface area contributed by atoms with Crippen LogP contribution in [0.15, 0.2) is 24.3 Å². The smallest absolute Gasteiger partial charge is 0.408 e. The van der Waals surface area contributed by atoms with Gasteiger partial charge in [-0.2, -0.15) is 5.26 Å². The molecule has 0 spiro atoms. The number of rotatable bonds is 8. The Morgan fingerprint density at radius 2 is 1.59 bits per heavy atom. The van der Waals surface area contributed by atoms with Gasteiger partial charge >= 0.3 is 18.0 Å². The molecule has 0 unspecified atom stereocenters. The van der Waals surface area contributed by atoms with Crippen LogP contribution in [0, 0.1) is 11.3 Å². The number of carbonyl (C=O) groups excluding carboxylic acids is 4. The summed E-state index contributed by atoms with van der Waals surface area (Å²) in [4.78, 5) is 53.7. The molecule has 200 valence electrons. The first-order valence-corrected chi connectivity index (χ1v) is 11.7. The van der Waals surface area contributed by atoms with E-state index in [0.29, 0.717) is 16.5 Å². The Bertz CT molecular complexity index is 1200. The van der Waals surface area contributed by atoms with Gasteiger partial charge in [0.05, 0.1) is 13.5 Å². The fourth-order valence-corrected chi connectivity index (χ4v) is 3.46. The molecule has 0 fully saturated rings. The standard InChI is InChI=1S/C26H34N4O7/c1-25(2,3)36-23(33)19(13-21(31)35-7)29-22(32)18(30-24(34)37-26(4,5)6)12-16-15-10-8-9-11-17(15)28-20(16)14-27/h8-11,18-19,28H,12-13H2,1-7H3,(H,29,32)(H,30,34)/t18-,19-/m1/s1. The Morgan fingerprint density at radius 3 is 2.16 bits per heavy atom. The number of para-hydroxylation sites is 1. The molecule has 0 bridgehead atoms. The van der Waals surface area contributed by atoms with Gasteiger partial charge in [0.15, 0.2) is 0 Å². The summed E-state index contributed by atoms with van der Waals surface area (Å²) in [5.41, 5.74) is -0.314. The van der Waals surface area contributed by atoms with E-state index >= 15 is 0 Å². The molecule has 3 N–H and O–H groups in total. The number of nitriles is 1. The number of aromatic amines is 1. The van der Waals surface area contributed by atoms with Gasteiger partial charge in [-0.15, -0.1) is 0 Å². The Hall–Kier alpha value is -4.07. The average Bonchev–Trinajstić information content (AvgIpc) is 3.13. The second-order valence-electron chi connectivity index (χ2n) is 10.4. The Balaban J connectivity index is 2.41. The molecule has 11 heteroatoms. The molecule has 11 nitrogen and oxygen atoms in total. The van der Waals surface area contributed by atoms with Crippen LogP contribution < -0.4 is 10.6 Å². The largest absolute Gasteiger partial charge is 0.469 e. The van der Waals surface area contributed by atoms with Crippen LogP contribution in [0.4, 0.5) is 4.79 Å². The van der Waals surface area contributed by atoms with Crippen molar-refractivity contribution in [1.82, 2.24) is 15.6 Å². The molecule has 0 saturated carbocycles. The van der Waals surface area contributed by atoms with Crippen molar-refractivity contribution in [3.8, 4) is 6.07 Å². The van der Waals surface area contributed by atoms with E-state index < -0.39 is 53.6 Å². The van der Waals surface area contributed by atoms with Crippen molar-refractivity contribution in [3.63, 3.8) is 0 Å². The summed E-state index contributed by atoms with van der Waals surface area (Å²) in [5, 5.41) is 15.4. The monoisotopic (exact) mass is 514 g/mol. The SMILES string of the molecule is COC(=O)C[C@@H](NC(=O)[C@@H](Cc1c(C#N)[nH]c2ccccc12)NC(=O)OC(C)(C)C)C(=O)OC(C)(C)C. The molecule has 2 atom stereocenters. The predicted molar refractivity (Wildman–Crippen MR) is 134 cm³/mol. The van der Waals surface area contributed by atoms with Gasteiger partial charge in [0.25, 0.3) is 0 Å². The van der Waals surface area contributed by atoms with Gasteiger partial charge < -0.3 is 29.8 Å². The minimum Gasteiger partial charge on any atom is -0.469 e. The van der Waals surface area contributed by atoms with Crippen molar-refractivity contribution in [2.75, 3.05) is 7.11 Å². The predicted octanol–water partition coefficient (Wildman–Crippen LogP) is 2.86. The quantitative estimate of drug-likeness (QED) is 0.358. The molecule has 0 aliphatic heterocycles. The van der Waals surface area contributed by atoms with E-state index in [4.69, 9.17) is 9.47 Å². The molecule has 2 aromatic rings. The topological polar surface area (TPSA) is 160 Å². The molecule has 0 radical (unpaired) electrons. The summed E-state index contributed by atoms with van der Waals surface area (Å²) in [5.74, 6) is -2.36. The molecule has 2 amide bonds. The highest BCUT2D eigenvalue weighted by atomic mass is 16.6. The maximum Gasteiger partial charge on any atom is 0.408 e. The summed E-state index contributed by atoms with van der Waals surface area (Å²) >= 11 is 0. The van der Waals surface area contributed by atoms with Gasteiger partial charge in [-0.1, -0.05) is 18.2 Å². The third-order valence-corrected chi connectivity index (χ3v) is 4.95. The van der Waals surface area contributed by atoms with Gasteiger partial charge in [0, 0.05) is 17.3 Å². The molecule has 1 heterocycles. The Kier molecular flexibility index (Phi) is 9.28. The summed E-state index contributed by atoms with van der Waals surface area (Å²) < 4.78 is 15.3. The normalized spacial score (nSPS) is 13.1. The molecule has 37 heavy (non-hydrogen) atoms. The van der Waals surface area contributed by atoms with Crippen molar-refractivity contribution in [2.24, 2.45) is 0 Å². The number of carbonyl (C=O) groups is 4. The number of ether oxygens (including phenoxy) is 3. The van der Waals surface area contributed by atoms with Crippen LogP contribution in [0.1, 0.15) is 59.2 Å². The first-order chi connectivity index (χ1) is 17.1. The molecular weight excluding hydrogens is 480 g/mol. The number of amides is 2. The van der Waals surface area contributed by atoms with Gasteiger partial charge in [0.1, 0.15) is 35.0 Å². The number of nitrogens with zero attached hydrogens (tertiary/aromatic N) is 1. The number of hydrogen-bond acceptors (Lipinski definition) is 8. The van der Waals surface area contributed by atoms with E-state index in [9.17, 15) is 24.4 Å². The summed E-state index contributed by atoms with van der Waals surface area (Å²) in [6.07, 6.45) is -1.45. The van der Waals surface area contributed by atoms with Gasteiger partial charge in [-0.3, -0.25) is 9.59 Å². The Labute approximate surface area is 215 Å². The number of hydrogen-bond donors (Lipinski definition) is 3. The third-order valence-electron chi connectivity index (χ3n) is 4.95. The number of aromatic nitrogens is 1. The molecular formula is C26H34N4O7. The second kappa shape index (κ2) is 11.8. The molecule has 1 aromatic carbocycles. The van der Waals surface area contributed by atoms with Crippen molar-refractivity contribution in [2.45, 2.75) is 77.7 Å². The maximum atomic E-state index is 13.4. The van der Waals surface area contributed by atoms with Gasteiger partial charge in [0.2, 0.25) is 5.91 Å². The minimum atomic E-state index is -1.37. The van der Waals surface area contributed by atoms with Gasteiger partial charge in [-0.05, 0) is 53.2 Å². The molecule has 0 saturated heterocycles. The van der Waals surface area contributed by atoms with Crippen LogP contribution in [0.3, 0.4) is 0 Å². The van der Waals surface area contributed by atoms with E-state index in [2.05, 4.69) is 26.4 Å². The lowest BCUT2D eigenvalue weighted by Crippen LogP contribution is -2.54. The van der Waals surface area contributed by atoms with Crippen molar-refractivity contribution in [3.05, 3.63) is 35.5 Å². The maximum absolute atomic E-state index is 13.4. The number of fused-ring (bicyclic) bond motifs is 1. The third kappa shape index (κ3) is 8.83. The van der Waals surface area contributed by atoms with E-state index in [1.54, 1.807) is 65.8 Å². The van der Waals surface area contributed by atoms with Crippen LogP contribution in [-0.2, 0) is 35.0 Å². The summed E-state index contributed by atoms with van der Waals surface area (Å²) in [6.45, 7) is 9.96. The second-order valence-corrected chi connectivity index (χ2v) is 10.4. The van der Waals surface area contributed by atoms with E-state index in [0.717, 1.165) is 7.11 Å². The highest BCUT2D eigenvalue weighted by Crippen LogP contribution is 2.24. The van der Waals surface area contributed by atoms with Crippen LogP contribution in [0.5, 0.6) is 0 Å². The lowest BCUT2D eigenvalue weighted by atomic mass is 10.0.